The Hall–Kier alpha value is -1.97. The minimum atomic E-state index is 0.682. The lowest BCUT2D eigenvalue weighted by atomic mass is 10.1. The zero-order chi connectivity index (χ0) is 12.5. The quantitative estimate of drug-likeness (QED) is 0.897. The molecule has 1 aliphatic carbocycles. The third-order valence-electron chi connectivity index (χ3n) is 3.33. The molecule has 18 heavy (non-hydrogen) atoms. The molecule has 94 valence electrons. The number of hydrogen-bond acceptors (Lipinski definition) is 3. The van der Waals surface area contributed by atoms with Crippen LogP contribution in [0.15, 0.2) is 30.5 Å². The van der Waals surface area contributed by atoms with E-state index in [2.05, 4.69) is 5.10 Å². The molecule has 3 rings (SSSR count). The Balaban J connectivity index is 1.75. The molecule has 1 fully saturated rings. The van der Waals surface area contributed by atoms with Crippen molar-refractivity contribution in [3.05, 3.63) is 30.5 Å². The van der Waals surface area contributed by atoms with Gasteiger partial charge in [-0.3, -0.25) is 4.68 Å². The van der Waals surface area contributed by atoms with E-state index in [-0.39, 0.29) is 0 Å². The molecule has 0 aliphatic heterocycles. The predicted molar refractivity (Wildman–Crippen MR) is 71.3 cm³/mol. The second-order valence-electron chi connectivity index (χ2n) is 4.85. The molecule has 1 heterocycles. The number of aromatic nitrogens is 2. The highest BCUT2D eigenvalue weighted by Crippen LogP contribution is 2.30. The van der Waals surface area contributed by atoms with Crippen molar-refractivity contribution in [2.45, 2.75) is 12.8 Å². The number of anilines is 1. The molecule has 0 atom stereocenters. The number of hydrogen-bond donors (Lipinski definition) is 1. The molecule has 0 amide bonds. The van der Waals surface area contributed by atoms with Gasteiger partial charge in [0.1, 0.15) is 11.6 Å². The van der Waals surface area contributed by atoms with Crippen LogP contribution in [-0.4, -0.2) is 16.4 Å². The van der Waals surface area contributed by atoms with Gasteiger partial charge >= 0.3 is 0 Å². The molecule has 0 unspecified atom stereocenters. The topological polar surface area (TPSA) is 53.1 Å². The summed E-state index contributed by atoms with van der Waals surface area (Å²) in [5.41, 5.74) is 7.98. The fraction of sp³-hybridized carbons (Fsp3) is 0.357. The maximum Gasteiger partial charge on any atom is 0.129 e. The zero-order valence-electron chi connectivity index (χ0n) is 10.5. The second-order valence-corrected chi connectivity index (χ2v) is 4.85. The van der Waals surface area contributed by atoms with Crippen LogP contribution in [0, 0.1) is 5.92 Å². The smallest absolute Gasteiger partial charge is 0.129 e. The van der Waals surface area contributed by atoms with E-state index in [1.165, 1.54) is 12.8 Å². The summed E-state index contributed by atoms with van der Waals surface area (Å²) in [6, 6.07) is 8.03. The van der Waals surface area contributed by atoms with Crippen LogP contribution in [0.1, 0.15) is 12.8 Å². The van der Waals surface area contributed by atoms with Crippen molar-refractivity contribution in [3.63, 3.8) is 0 Å². The van der Waals surface area contributed by atoms with Gasteiger partial charge in [-0.1, -0.05) is 12.1 Å². The van der Waals surface area contributed by atoms with E-state index in [1.807, 2.05) is 31.3 Å². The minimum absolute atomic E-state index is 0.682. The number of nitrogens with zero attached hydrogens (tertiary/aromatic N) is 2. The van der Waals surface area contributed by atoms with Gasteiger partial charge in [-0.05, 0) is 36.5 Å². The fourth-order valence-corrected chi connectivity index (χ4v) is 1.90. The Bertz CT molecular complexity index is 541. The third-order valence-corrected chi connectivity index (χ3v) is 3.33. The van der Waals surface area contributed by atoms with Crippen LogP contribution in [0.25, 0.3) is 11.1 Å². The summed E-state index contributed by atoms with van der Waals surface area (Å²) < 4.78 is 7.38. The van der Waals surface area contributed by atoms with E-state index in [4.69, 9.17) is 10.5 Å². The van der Waals surface area contributed by atoms with Gasteiger partial charge in [0.2, 0.25) is 0 Å². The molecular weight excluding hydrogens is 226 g/mol. The van der Waals surface area contributed by atoms with Crippen LogP contribution >= 0.6 is 0 Å². The molecule has 4 heteroatoms. The molecule has 2 aromatic rings. The summed E-state index contributed by atoms with van der Waals surface area (Å²) in [6.07, 6.45) is 4.41. The van der Waals surface area contributed by atoms with Gasteiger partial charge in [-0.15, -0.1) is 0 Å². The molecule has 0 spiro atoms. The summed E-state index contributed by atoms with van der Waals surface area (Å²) in [5, 5.41) is 4.14. The maximum atomic E-state index is 5.95. The van der Waals surface area contributed by atoms with Crippen molar-refractivity contribution < 1.29 is 4.74 Å². The number of benzene rings is 1. The van der Waals surface area contributed by atoms with Gasteiger partial charge in [-0.2, -0.15) is 5.10 Å². The summed E-state index contributed by atoms with van der Waals surface area (Å²) in [4.78, 5) is 0. The van der Waals surface area contributed by atoms with E-state index >= 15 is 0 Å². The first-order valence-corrected chi connectivity index (χ1v) is 6.25. The molecule has 4 nitrogen and oxygen atoms in total. The van der Waals surface area contributed by atoms with Crippen LogP contribution in [0.3, 0.4) is 0 Å². The highest BCUT2D eigenvalue weighted by atomic mass is 16.5. The van der Waals surface area contributed by atoms with Gasteiger partial charge < -0.3 is 10.5 Å². The highest BCUT2D eigenvalue weighted by Gasteiger charge is 2.21. The normalized spacial score (nSPS) is 14.7. The lowest BCUT2D eigenvalue weighted by Gasteiger charge is -2.06. The zero-order valence-corrected chi connectivity index (χ0v) is 10.5. The summed E-state index contributed by atoms with van der Waals surface area (Å²) in [7, 11) is 1.84. The van der Waals surface area contributed by atoms with Gasteiger partial charge in [0.15, 0.2) is 0 Å². The number of ether oxygens (including phenoxy) is 1. The largest absolute Gasteiger partial charge is 0.493 e. The van der Waals surface area contributed by atoms with Gasteiger partial charge in [0.25, 0.3) is 0 Å². The van der Waals surface area contributed by atoms with Crippen LogP contribution in [0.2, 0.25) is 0 Å². The number of nitrogens with two attached hydrogens (primary N) is 1. The Morgan fingerprint density at radius 1 is 1.33 bits per heavy atom. The minimum Gasteiger partial charge on any atom is -0.493 e. The number of nitrogen functional groups attached to an aromatic ring is 1. The van der Waals surface area contributed by atoms with Crippen LogP contribution in [0.5, 0.6) is 5.75 Å². The van der Waals surface area contributed by atoms with E-state index in [1.54, 1.807) is 10.9 Å². The van der Waals surface area contributed by atoms with Crippen molar-refractivity contribution in [1.29, 1.82) is 0 Å². The van der Waals surface area contributed by atoms with Gasteiger partial charge in [0.05, 0.1) is 12.8 Å². The number of aryl methyl sites for hydroxylation is 1. The van der Waals surface area contributed by atoms with Crippen molar-refractivity contribution in [2.24, 2.45) is 13.0 Å². The van der Waals surface area contributed by atoms with Crippen molar-refractivity contribution >= 4 is 5.82 Å². The average molecular weight is 243 g/mol. The standard InChI is InChI=1S/C14H17N3O/c1-17-14(15)13(8-16-17)11-4-6-12(7-5-11)18-9-10-2-3-10/h4-8,10H,2-3,9,15H2,1H3. The van der Waals surface area contributed by atoms with Crippen LogP contribution in [-0.2, 0) is 7.05 Å². The van der Waals surface area contributed by atoms with E-state index in [0.29, 0.717) is 5.82 Å². The Labute approximate surface area is 106 Å². The molecule has 1 saturated carbocycles. The molecule has 0 radical (unpaired) electrons. The lowest BCUT2D eigenvalue weighted by molar-refractivity contribution is 0.300. The van der Waals surface area contributed by atoms with E-state index in [9.17, 15) is 0 Å². The van der Waals surface area contributed by atoms with E-state index < -0.39 is 0 Å². The first kappa shape index (κ1) is 11.1. The maximum absolute atomic E-state index is 5.95. The Morgan fingerprint density at radius 2 is 2.06 bits per heavy atom. The molecular formula is C14H17N3O. The molecule has 1 aromatic heterocycles. The SMILES string of the molecule is Cn1ncc(-c2ccc(OCC3CC3)cc2)c1N. The first-order valence-electron chi connectivity index (χ1n) is 6.25. The molecule has 1 aliphatic rings. The van der Waals surface area contributed by atoms with Crippen LogP contribution in [0.4, 0.5) is 5.82 Å². The van der Waals surface area contributed by atoms with Crippen molar-refractivity contribution in [3.8, 4) is 16.9 Å². The van der Waals surface area contributed by atoms with Crippen molar-refractivity contribution in [1.82, 2.24) is 9.78 Å². The second kappa shape index (κ2) is 4.37. The van der Waals surface area contributed by atoms with Crippen LogP contribution < -0.4 is 10.5 Å². The van der Waals surface area contributed by atoms with Crippen molar-refractivity contribution in [2.75, 3.05) is 12.3 Å². The number of rotatable bonds is 4. The van der Waals surface area contributed by atoms with Gasteiger partial charge in [-0.25, -0.2) is 0 Å². The molecule has 2 N–H and O–H groups in total. The predicted octanol–water partition coefficient (Wildman–Crippen LogP) is 2.46. The van der Waals surface area contributed by atoms with Gasteiger partial charge in [0, 0.05) is 12.6 Å². The molecule has 0 saturated heterocycles. The third kappa shape index (κ3) is 2.18. The lowest BCUT2D eigenvalue weighted by Crippen LogP contribution is -1.99. The molecule has 0 bridgehead atoms. The average Bonchev–Trinajstić information content (AvgIpc) is 3.16. The first-order chi connectivity index (χ1) is 8.74. The Morgan fingerprint density at radius 3 is 2.61 bits per heavy atom. The monoisotopic (exact) mass is 243 g/mol. The van der Waals surface area contributed by atoms with E-state index in [0.717, 1.165) is 29.4 Å². The summed E-state index contributed by atoms with van der Waals surface area (Å²) in [5.74, 6) is 2.38. The Kier molecular flexibility index (Phi) is 2.70. The molecule has 1 aromatic carbocycles. The summed E-state index contributed by atoms with van der Waals surface area (Å²) >= 11 is 0. The fourth-order valence-electron chi connectivity index (χ4n) is 1.90. The highest BCUT2D eigenvalue weighted by molar-refractivity contribution is 5.73. The summed E-state index contributed by atoms with van der Waals surface area (Å²) in [6.45, 7) is 0.842.